The Balaban J connectivity index is 2.26. The normalized spacial score (nSPS) is 11.2. The number of amidine groups is 1. The van der Waals surface area contributed by atoms with Gasteiger partial charge in [0.15, 0.2) is 5.84 Å². The third kappa shape index (κ3) is 3.36. The number of halogens is 1. The van der Waals surface area contributed by atoms with Crippen molar-refractivity contribution in [2.75, 3.05) is 5.32 Å². The second-order valence-corrected chi connectivity index (χ2v) is 4.50. The lowest BCUT2D eigenvalue weighted by Crippen LogP contribution is -2.16. The van der Waals surface area contributed by atoms with E-state index < -0.39 is 11.7 Å². The van der Waals surface area contributed by atoms with E-state index in [9.17, 15) is 9.18 Å². The third-order valence-electron chi connectivity index (χ3n) is 2.90. The number of rotatable bonds is 3. The molecule has 108 valence electrons. The van der Waals surface area contributed by atoms with Gasteiger partial charge >= 0.3 is 0 Å². The highest BCUT2D eigenvalue weighted by molar-refractivity contribution is 6.06. The molecule has 2 aromatic rings. The summed E-state index contributed by atoms with van der Waals surface area (Å²) in [6.07, 6.45) is 0. The summed E-state index contributed by atoms with van der Waals surface area (Å²) in [6.45, 7) is 1.80. The van der Waals surface area contributed by atoms with E-state index in [1.165, 1.54) is 12.1 Å². The van der Waals surface area contributed by atoms with Crippen LogP contribution in [-0.2, 0) is 0 Å². The molecule has 0 atom stereocenters. The van der Waals surface area contributed by atoms with Crippen LogP contribution in [0, 0.1) is 12.7 Å². The molecule has 0 unspecified atom stereocenters. The fourth-order valence-corrected chi connectivity index (χ4v) is 1.81. The van der Waals surface area contributed by atoms with E-state index in [1.807, 2.05) is 0 Å². The number of benzene rings is 2. The minimum absolute atomic E-state index is 0.105. The predicted octanol–water partition coefficient (Wildman–Crippen LogP) is 2.48. The first-order chi connectivity index (χ1) is 10.0. The zero-order chi connectivity index (χ0) is 15.4. The van der Waals surface area contributed by atoms with Crippen LogP contribution in [0.4, 0.5) is 10.1 Å². The maximum Gasteiger partial charge on any atom is 0.255 e. The quantitative estimate of drug-likeness (QED) is 0.351. The Labute approximate surface area is 120 Å². The van der Waals surface area contributed by atoms with Gasteiger partial charge < -0.3 is 16.3 Å². The number of oxime groups is 1. The molecule has 2 aromatic carbocycles. The molecule has 5 nitrogen and oxygen atoms in total. The molecule has 0 aliphatic carbocycles. The smallest absolute Gasteiger partial charge is 0.255 e. The Hall–Kier alpha value is -2.89. The van der Waals surface area contributed by atoms with Gasteiger partial charge in [0.05, 0.1) is 5.69 Å². The molecule has 2 rings (SSSR count). The van der Waals surface area contributed by atoms with Crippen molar-refractivity contribution in [1.82, 2.24) is 0 Å². The van der Waals surface area contributed by atoms with Gasteiger partial charge in [-0.15, -0.1) is 0 Å². The number of hydrogen-bond donors (Lipinski definition) is 3. The molecule has 0 spiro atoms. The molecule has 21 heavy (non-hydrogen) atoms. The van der Waals surface area contributed by atoms with Crippen LogP contribution in [-0.4, -0.2) is 17.0 Å². The fourth-order valence-electron chi connectivity index (χ4n) is 1.81. The number of carbonyl (C=O) groups excluding carboxylic acids is 1. The van der Waals surface area contributed by atoms with Crippen molar-refractivity contribution in [1.29, 1.82) is 0 Å². The van der Waals surface area contributed by atoms with Gasteiger partial charge in [-0.1, -0.05) is 23.4 Å². The zero-order valence-corrected chi connectivity index (χ0v) is 11.3. The van der Waals surface area contributed by atoms with Crippen LogP contribution in [0.1, 0.15) is 21.5 Å². The molecule has 4 N–H and O–H groups in total. The number of anilines is 1. The molecule has 0 fully saturated rings. The summed E-state index contributed by atoms with van der Waals surface area (Å²) in [4.78, 5) is 12.1. The Morgan fingerprint density at radius 3 is 2.67 bits per heavy atom. The van der Waals surface area contributed by atoms with E-state index in [4.69, 9.17) is 10.9 Å². The molecule has 6 heteroatoms. The first kappa shape index (κ1) is 14.5. The molecule has 0 aromatic heterocycles. The highest BCUT2D eigenvalue weighted by Gasteiger charge is 2.11. The second-order valence-electron chi connectivity index (χ2n) is 4.50. The molecular formula is C15H14FN3O2. The van der Waals surface area contributed by atoms with E-state index in [1.54, 1.807) is 37.3 Å². The summed E-state index contributed by atoms with van der Waals surface area (Å²) >= 11 is 0. The molecule has 0 saturated carbocycles. The Morgan fingerprint density at radius 2 is 1.95 bits per heavy atom. The van der Waals surface area contributed by atoms with Crippen molar-refractivity contribution in [3.8, 4) is 0 Å². The molecule has 1 amide bonds. The molecule has 0 aliphatic heterocycles. The predicted molar refractivity (Wildman–Crippen MR) is 78.0 cm³/mol. The molecule has 0 radical (unpaired) electrons. The van der Waals surface area contributed by atoms with Gasteiger partial charge in [0, 0.05) is 11.1 Å². The minimum atomic E-state index is -0.512. The number of amides is 1. The number of nitrogens with one attached hydrogen (secondary N) is 1. The topological polar surface area (TPSA) is 87.7 Å². The highest BCUT2D eigenvalue weighted by Crippen LogP contribution is 2.17. The number of hydrogen-bond acceptors (Lipinski definition) is 3. The van der Waals surface area contributed by atoms with E-state index in [0.717, 1.165) is 5.56 Å². The van der Waals surface area contributed by atoms with Gasteiger partial charge in [-0.25, -0.2) is 4.39 Å². The summed E-state index contributed by atoms with van der Waals surface area (Å²) in [7, 11) is 0. The van der Waals surface area contributed by atoms with Crippen LogP contribution >= 0.6 is 0 Å². The van der Waals surface area contributed by atoms with E-state index >= 15 is 0 Å². The van der Waals surface area contributed by atoms with Crippen LogP contribution < -0.4 is 11.1 Å². The summed E-state index contributed by atoms with van der Waals surface area (Å²) in [5, 5.41) is 14.0. The largest absolute Gasteiger partial charge is 0.409 e. The van der Waals surface area contributed by atoms with Crippen LogP contribution in [0.5, 0.6) is 0 Å². The minimum Gasteiger partial charge on any atom is -0.409 e. The van der Waals surface area contributed by atoms with Crippen molar-refractivity contribution in [3.05, 3.63) is 65.0 Å². The van der Waals surface area contributed by atoms with E-state index in [-0.39, 0.29) is 17.1 Å². The van der Waals surface area contributed by atoms with Gasteiger partial charge in [-0.05, 0) is 36.8 Å². The van der Waals surface area contributed by atoms with Crippen LogP contribution in [0.25, 0.3) is 0 Å². The molecular weight excluding hydrogens is 273 g/mol. The standard InChI is InChI=1S/C15H14FN3O2/c1-9-5-6-12(16)13(7-9)18-15(20)11-4-2-3-10(8-11)14(17)19-21/h2-8,21H,1H3,(H2,17,19)(H,18,20). The molecule has 0 heterocycles. The van der Waals surface area contributed by atoms with E-state index in [2.05, 4.69) is 10.5 Å². The maximum absolute atomic E-state index is 13.6. The first-order valence-corrected chi connectivity index (χ1v) is 6.16. The van der Waals surface area contributed by atoms with Gasteiger partial charge in [0.2, 0.25) is 0 Å². The van der Waals surface area contributed by atoms with Crippen molar-refractivity contribution < 1.29 is 14.4 Å². The fraction of sp³-hybridized carbons (Fsp3) is 0.0667. The average Bonchev–Trinajstić information content (AvgIpc) is 2.50. The van der Waals surface area contributed by atoms with Gasteiger partial charge in [0.25, 0.3) is 5.91 Å². The number of nitrogens with zero attached hydrogens (tertiary/aromatic N) is 1. The van der Waals surface area contributed by atoms with Crippen LogP contribution in [0.2, 0.25) is 0 Å². The molecule has 0 aliphatic rings. The van der Waals surface area contributed by atoms with Gasteiger partial charge in [-0.3, -0.25) is 4.79 Å². The summed E-state index contributed by atoms with van der Waals surface area (Å²) in [6, 6.07) is 10.6. The monoisotopic (exact) mass is 287 g/mol. The summed E-state index contributed by atoms with van der Waals surface area (Å²) < 4.78 is 13.6. The van der Waals surface area contributed by atoms with Crippen molar-refractivity contribution >= 4 is 17.4 Å². The lowest BCUT2D eigenvalue weighted by atomic mass is 10.1. The van der Waals surface area contributed by atoms with Gasteiger partial charge in [0.1, 0.15) is 5.82 Å². The average molecular weight is 287 g/mol. The third-order valence-corrected chi connectivity index (χ3v) is 2.90. The SMILES string of the molecule is Cc1ccc(F)c(NC(=O)c2cccc(/C(N)=N/O)c2)c1. The van der Waals surface area contributed by atoms with Crippen molar-refractivity contribution in [2.24, 2.45) is 10.9 Å². The Kier molecular flexibility index (Phi) is 4.18. The Bertz CT molecular complexity index is 714. The van der Waals surface area contributed by atoms with Crippen molar-refractivity contribution in [3.63, 3.8) is 0 Å². The van der Waals surface area contributed by atoms with Crippen LogP contribution in [0.15, 0.2) is 47.6 Å². The maximum atomic E-state index is 13.6. The molecule has 0 bridgehead atoms. The summed E-state index contributed by atoms with van der Waals surface area (Å²) in [5.41, 5.74) is 7.08. The number of aryl methyl sites for hydroxylation is 1. The lowest BCUT2D eigenvalue weighted by Gasteiger charge is -2.08. The Morgan fingerprint density at radius 1 is 1.24 bits per heavy atom. The number of carbonyl (C=O) groups is 1. The summed E-state index contributed by atoms with van der Waals surface area (Å²) in [5.74, 6) is -1.10. The zero-order valence-electron chi connectivity index (χ0n) is 11.3. The van der Waals surface area contributed by atoms with E-state index in [0.29, 0.717) is 5.56 Å². The first-order valence-electron chi connectivity index (χ1n) is 6.16. The second kappa shape index (κ2) is 6.04. The lowest BCUT2D eigenvalue weighted by molar-refractivity contribution is 0.102. The van der Waals surface area contributed by atoms with Crippen molar-refractivity contribution in [2.45, 2.75) is 6.92 Å². The number of nitrogens with two attached hydrogens (primary N) is 1. The van der Waals surface area contributed by atoms with Crippen LogP contribution in [0.3, 0.4) is 0 Å². The molecule has 0 saturated heterocycles. The highest BCUT2D eigenvalue weighted by atomic mass is 19.1. The van der Waals surface area contributed by atoms with Gasteiger partial charge in [-0.2, -0.15) is 0 Å².